The molecule has 0 amide bonds. The van der Waals surface area contributed by atoms with E-state index in [-0.39, 0.29) is 0 Å². The standard InChI is InChI=1S/C9H9NS/c1-2-9-8(5-7-11)4-3-6-10-9/h2-7,11H,1H2/b7-5+. The van der Waals surface area contributed by atoms with Gasteiger partial charge in [-0.15, -0.1) is 0 Å². The van der Waals surface area contributed by atoms with Gasteiger partial charge in [0, 0.05) is 11.8 Å². The van der Waals surface area contributed by atoms with E-state index in [9.17, 15) is 0 Å². The molecular weight excluding hydrogens is 154 g/mol. The highest BCUT2D eigenvalue weighted by atomic mass is 32.1. The summed E-state index contributed by atoms with van der Waals surface area (Å²) in [5.74, 6) is 0. The van der Waals surface area contributed by atoms with Crippen LogP contribution in [0.4, 0.5) is 0 Å². The van der Waals surface area contributed by atoms with Crippen molar-refractivity contribution in [3.63, 3.8) is 0 Å². The summed E-state index contributed by atoms with van der Waals surface area (Å²) in [6.07, 6.45) is 5.35. The third-order valence-corrected chi connectivity index (χ3v) is 1.47. The summed E-state index contributed by atoms with van der Waals surface area (Å²) in [5, 5.41) is 1.68. The largest absolute Gasteiger partial charge is 0.256 e. The molecule has 0 N–H and O–H groups in total. The first-order valence-corrected chi connectivity index (χ1v) is 3.78. The quantitative estimate of drug-likeness (QED) is 0.661. The number of aromatic nitrogens is 1. The normalized spacial score (nSPS) is 10.3. The average molecular weight is 163 g/mol. The molecule has 11 heavy (non-hydrogen) atoms. The fourth-order valence-corrected chi connectivity index (χ4v) is 0.982. The first-order chi connectivity index (χ1) is 5.38. The Morgan fingerprint density at radius 2 is 2.36 bits per heavy atom. The van der Waals surface area contributed by atoms with Crippen LogP contribution in [0.5, 0.6) is 0 Å². The number of hydrogen-bond acceptors (Lipinski definition) is 2. The van der Waals surface area contributed by atoms with Crippen LogP contribution in [0.25, 0.3) is 12.2 Å². The molecule has 0 aliphatic heterocycles. The van der Waals surface area contributed by atoms with E-state index in [0.29, 0.717) is 0 Å². The zero-order valence-corrected chi connectivity index (χ0v) is 6.96. The summed E-state index contributed by atoms with van der Waals surface area (Å²) in [5.41, 5.74) is 1.93. The molecule has 2 heteroatoms. The lowest BCUT2D eigenvalue weighted by atomic mass is 10.2. The number of rotatable bonds is 2. The van der Waals surface area contributed by atoms with Crippen molar-refractivity contribution in [1.29, 1.82) is 0 Å². The molecule has 0 aromatic carbocycles. The van der Waals surface area contributed by atoms with Gasteiger partial charge in [0.2, 0.25) is 0 Å². The average Bonchev–Trinajstić information content (AvgIpc) is 2.06. The predicted octanol–water partition coefficient (Wildman–Crippen LogP) is 2.63. The lowest BCUT2D eigenvalue weighted by Gasteiger charge is -1.96. The SMILES string of the molecule is C=Cc1ncccc1/C=C/S. The Hall–Kier alpha value is -1.02. The van der Waals surface area contributed by atoms with Gasteiger partial charge in [-0.3, -0.25) is 4.98 Å². The third-order valence-electron chi connectivity index (χ3n) is 1.32. The van der Waals surface area contributed by atoms with Gasteiger partial charge >= 0.3 is 0 Å². The molecule has 0 radical (unpaired) electrons. The Kier molecular flexibility index (Phi) is 2.93. The van der Waals surface area contributed by atoms with Crippen molar-refractivity contribution in [1.82, 2.24) is 4.98 Å². The predicted molar refractivity (Wildman–Crippen MR) is 52.3 cm³/mol. The van der Waals surface area contributed by atoms with E-state index in [2.05, 4.69) is 24.2 Å². The summed E-state index contributed by atoms with van der Waals surface area (Å²) in [7, 11) is 0. The molecule has 1 nitrogen and oxygen atoms in total. The molecule has 0 aliphatic rings. The van der Waals surface area contributed by atoms with Gasteiger partial charge in [0.1, 0.15) is 0 Å². The molecule has 1 heterocycles. The molecule has 0 spiro atoms. The summed E-state index contributed by atoms with van der Waals surface area (Å²) < 4.78 is 0. The fraction of sp³-hybridized carbons (Fsp3) is 0. The summed E-state index contributed by atoms with van der Waals surface area (Å²) >= 11 is 3.98. The zero-order chi connectivity index (χ0) is 8.10. The van der Waals surface area contributed by atoms with Crippen molar-refractivity contribution < 1.29 is 0 Å². The van der Waals surface area contributed by atoms with Crippen LogP contribution < -0.4 is 0 Å². The second kappa shape index (κ2) is 3.98. The molecule has 0 bridgehead atoms. The van der Waals surface area contributed by atoms with Gasteiger partial charge < -0.3 is 0 Å². The molecule has 1 aromatic rings. The van der Waals surface area contributed by atoms with Gasteiger partial charge in [-0.25, -0.2) is 0 Å². The van der Waals surface area contributed by atoms with Gasteiger partial charge in [0.05, 0.1) is 5.69 Å². The molecule has 0 saturated heterocycles. The Morgan fingerprint density at radius 3 is 3.00 bits per heavy atom. The Morgan fingerprint density at radius 1 is 1.55 bits per heavy atom. The van der Waals surface area contributed by atoms with Crippen LogP contribution in [0.1, 0.15) is 11.3 Å². The van der Waals surface area contributed by atoms with E-state index < -0.39 is 0 Å². The van der Waals surface area contributed by atoms with Crippen LogP contribution in [-0.2, 0) is 0 Å². The third kappa shape index (κ3) is 1.95. The fourth-order valence-electron chi connectivity index (χ4n) is 0.822. The molecule has 0 atom stereocenters. The van der Waals surface area contributed by atoms with Gasteiger partial charge in [0.15, 0.2) is 0 Å². The minimum atomic E-state index is 0.887. The maximum Gasteiger partial charge on any atom is 0.0696 e. The monoisotopic (exact) mass is 163 g/mol. The van der Waals surface area contributed by atoms with Gasteiger partial charge in [-0.2, -0.15) is 12.6 Å². The van der Waals surface area contributed by atoms with Crippen molar-refractivity contribution >= 4 is 24.8 Å². The minimum absolute atomic E-state index is 0.887. The second-order valence-corrected chi connectivity index (χ2v) is 2.30. The zero-order valence-electron chi connectivity index (χ0n) is 6.07. The van der Waals surface area contributed by atoms with Gasteiger partial charge in [0.25, 0.3) is 0 Å². The van der Waals surface area contributed by atoms with Crippen LogP contribution >= 0.6 is 12.6 Å². The lowest BCUT2D eigenvalue weighted by molar-refractivity contribution is 1.28. The maximum atomic E-state index is 4.11. The first-order valence-electron chi connectivity index (χ1n) is 3.26. The van der Waals surface area contributed by atoms with Crippen LogP contribution in [0.3, 0.4) is 0 Å². The second-order valence-electron chi connectivity index (χ2n) is 2.00. The molecule has 56 valence electrons. The van der Waals surface area contributed by atoms with E-state index in [1.165, 1.54) is 0 Å². The Bertz CT molecular complexity index is 279. The van der Waals surface area contributed by atoms with E-state index >= 15 is 0 Å². The molecule has 0 fully saturated rings. The number of hydrogen-bond donors (Lipinski definition) is 1. The Balaban J connectivity index is 3.11. The van der Waals surface area contributed by atoms with Crippen molar-refractivity contribution in [2.24, 2.45) is 0 Å². The summed E-state index contributed by atoms with van der Waals surface area (Å²) in [6, 6.07) is 3.85. The van der Waals surface area contributed by atoms with Crippen LogP contribution in [-0.4, -0.2) is 4.98 Å². The Labute approximate surface area is 71.9 Å². The number of pyridine rings is 1. The van der Waals surface area contributed by atoms with Crippen molar-refractivity contribution in [2.75, 3.05) is 0 Å². The molecule has 0 aliphatic carbocycles. The van der Waals surface area contributed by atoms with Crippen molar-refractivity contribution in [2.45, 2.75) is 0 Å². The highest BCUT2D eigenvalue weighted by molar-refractivity contribution is 7.83. The van der Waals surface area contributed by atoms with E-state index in [1.807, 2.05) is 18.2 Å². The van der Waals surface area contributed by atoms with Crippen LogP contribution in [0.2, 0.25) is 0 Å². The van der Waals surface area contributed by atoms with Gasteiger partial charge in [-0.1, -0.05) is 12.6 Å². The maximum absolute atomic E-state index is 4.11. The van der Waals surface area contributed by atoms with E-state index in [0.717, 1.165) is 11.3 Å². The molecule has 0 saturated carbocycles. The van der Waals surface area contributed by atoms with Gasteiger partial charge in [-0.05, 0) is 23.6 Å². The van der Waals surface area contributed by atoms with Crippen LogP contribution in [0, 0.1) is 0 Å². The highest BCUT2D eigenvalue weighted by Crippen LogP contribution is 2.08. The number of thiol groups is 1. The van der Waals surface area contributed by atoms with E-state index in [4.69, 9.17) is 0 Å². The van der Waals surface area contributed by atoms with Crippen molar-refractivity contribution in [3.8, 4) is 0 Å². The molecule has 1 rings (SSSR count). The number of nitrogens with zero attached hydrogens (tertiary/aromatic N) is 1. The minimum Gasteiger partial charge on any atom is -0.256 e. The van der Waals surface area contributed by atoms with Crippen molar-refractivity contribution in [3.05, 3.63) is 41.6 Å². The highest BCUT2D eigenvalue weighted by Gasteiger charge is 1.92. The van der Waals surface area contributed by atoms with Crippen LogP contribution in [0.15, 0.2) is 30.3 Å². The molecule has 0 unspecified atom stereocenters. The smallest absolute Gasteiger partial charge is 0.0696 e. The molecule has 1 aromatic heterocycles. The lowest BCUT2D eigenvalue weighted by Crippen LogP contribution is -1.83. The summed E-state index contributed by atoms with van der Waals surface area (Å²) in [6.45, 7) is 3.65. The first kappa shape index (κ1) is 8.08. The molecular formula is C9H9NS. The topological polar surface area (TPSA) is 12.9 Å². The summed E-state index contributed by atoms with van der Waals surface area (Å²) in [4.78, 5) is 4.11. The van der Waals surface area contributed by atoms with E-state index in [1.54, 1.807) is 17.7 Å².